The van der Waals surface area contributed by atoms with Crippen molar-refractivity contribution in [2.45, 2.75) is 26.2 Å². The first-order valence-corrected chi connectivity index (χ1v) is 4.80. The topological polar surface area (TPSA) is 20.2 Å². The van der Waals surface area contributed by atoms with Crippen LogP contribution in [0.4, 0.5) is 4.39 Å². The van der Waals surface area contributed by atoms with Crippen molar-refractivity contribution in [1.29, 1.82) is 0 Å². The van der Waals surface area contributed by atoms with Crippen molar-refractivity contribution in [3.63, 3.8) is 0 Å². The van der Waals surface area contributed by atoms with Crippen LogP contribution in [0.2, 0.25) is 0 Å². The van der Waals surface area contributed by atoms with Crippen LogP contribution in [0.5, 0.6) is 5.75 Å². The van der Waals surface area contributed by atoms with Crippen LogP contribution in [-0.4, -0.2) is 5.11 Å². The highest BCUT2D eigenvalue weighted by Gasteiger charge is 2.17. The van der Waals surface area contributed by atoms with Gasteiger partial charge in [0.2, 0.25) is 0 Å². The van der Waals surface area contributed by atoms with Crippen LogP contribution in [0.1, 0.15) is 26.3 Å². The van der Waals surface area contributed by atoms with E-state index < -0.39 is 5.82 Å². The Labute approximate surface area is 85.7 Å². The largest absolute Gasteiger partial charge is 0.505 e. The molecule has 0 aromatic heterocycles. The summed E-state index contributed by atoms with van der Waals surface area (Å²) in [4.78, 5) is 0. The summed E-state index contributed by atoms with van der Waals surface area (Å²) in [5, 5.41) is 9.24. The van der Waals surface area contributed by atoms with Crippen LogP contribution < -0.4 is 0 Å². The van der Waals surface area contributed by atoms with E-state index in [1.165, 1.54) is 6.07 Å². The summed E-state index contributed by atoms with van der Waals surface area (Å²) in [6.07, 6.45) is 0. The first-order chi connectivity index (χ1) is 5.82. The molecule has 0 saturated carbocycles. The van der Waals surface area contributed by atoms with Crippen LogP contribution in [0.25, 0.3) is 0 Å². The van der Waals surface area contributed by atoms with Crippen molar-refractivity contribution in [3.05, 3.63) is 28.0 Å². The molecular weight excluding hydrogens is 235 g/mol. The minimum atomic E-state index is -0.604. The van der Waals surface area contributed by atoms with Gasteiger partial charge in [0.05, 0.1) is 4.47 Å². The van der Waals surface area contributed by atoms with Gasteiger partial charge in [-0.05, 0) is 39.0 Å². The maximum absolute atomic E-state index is 13.0. The lowest BCUT2D eigenvalue weighted by atomic mass is 9.87. The smallest absolute Gasteiger partial charge is 0.178 e. The Morgan fingerprint density at radius 3 is 2.23 bits per heavy atom. The summed E-state index contributed by atoms with van der Waals surface area (Å²) in [7, 11) is 0. The second-order valence-electron chi connectivity index (χ2n) is 4.04. The van der Waals surface area contributed by atoms with Gasteiger partial charge in [-0.2, -0.15) is 0 Å². The third kappa shape index (κ3) is 2.21. The van der Waals surface area contributed by atoms with Gasteiger partial charge in [0.1, 0.15) is 0 Å². The maximum atomic E-state index is 13.0. The molecule has 1 aromatic rings. The zero-order chi connectivity index (χ0) is 10.2. The van der Waals surface area contributed by atoms with Crippen LogP contribution >= 0.6 is 15.9 Å². The first kappa shape index (κ1) is 10.5. The SMILES string of the molecule is CC(C)(C)c1cc(O)c(F)c(Br)c1. The lowest BCUT2D eigenvalue weighted by Crippen LogP contribution is -2.11. The van der Waals surface area contributed by atoms with Gasteiger partial charge in [-0.15, -0.1) is 0 Å². The molecule has 13 heavy (non-hydrogen) atoms. The van der Waals surface area contributed by atoms with Crippen LogP contribution in [0.3, 0.4) is 0 Å². The van der Waals surface area contributed by atoms with Crippen molar-refractivity contribution in [2.75, 3.05) is 0 Å². The van der Waals surface area contributed by atoms with E-state index in [0.717, 1.165) is 5.56 Å². The van der Waals surface area contributed by atoms with E-state index in [1.807, 2.05) is 20.8 Å². The molecule has 0 saturated heterocycles. The molecule has 0 aliphatic carbocycles. The number of aromatic hydroxyl groups is 1. The highest BCUT2D eigenvalue weighted by molar-refractivity contribution is 9.10. The average Bonchev–Trinajstić information content (AvgIpc) is 1.97. The average molecular weight is 247 g/mol. The summed E-state index contributed by atoms with van der Waals surface area (Å²) in [5.41, 5.74) is 0.812. The number of rotatable bonds is 0. The van der Waals surface area contributed by atoms with Crippen LogP contribution in [0, 0.1) is 5.82 Å². The minimum Gasteiger partial charge on any atom is -0.505 e. The molecule has 0 aliphatic heterocycles. The van der Waals surface area contributed by atoms with E-state index in [1.54, 1.807) is 6.07 Å². The standard InChI is InChI=1S/C10H12BrFO/c1-10(2,3)6-4-7(11)9(12)8(13)5-6/h4-5,13H,1-3H3. The van der Waals surface area contributed by atoms with E-state index in [0.29, 0.717) is 4.47 Å². The molecule has 0 spiro atoms. The second-order valence-corrected chi connectivity index (χ2v) is 4.90. The van der Waals surface area contributed by atoms with Gasteiger partial charge >= 0.3 is 0 Å². The highest BCUT2D eigenvalue weighted by atomic mass is 79.9. The van der Waals surface area contributed by atoms with Crippen molar-refractivity contribution < 1.29 is 9.50 Å². The fourth-order valence-corrected chi connectivity index (χ4v) is 1.46. The fourth-order valence-electron chi connectivity index (χ4n) is 1.01. The Kier molecular flexibility index (Phi) is 2.66. The Morgan fingerprint density at radius 2 is 1.85 bits per heavy atom. The fraction of sp³-hybridized carbons (Fsp3) is 0.400. The van der Waals surface area contributed by atoms with Gasteiger partial charge in [0, 0.05) is 0 Å². The summed E-state index contributed by atoms with van der Waals surface area (Å²) in [6.45, 7) is 6.02. The predicted octanol–water partition coefficient (Wildman–Crippen LogP) is 3.59. The van der Waals surface area contributed by atoms with Crippen molar-refractivity contribution in [2.24, 2.45) is 0 Å². The van der Waals surface area contributed by atoms with Gasteiger partial charge in [-0.25, -0.2) is 4.39 Å². The Bertz CT molecular complexity index is 305. The van der Waals surface area contributed by atoms with E-state index in [-0.39, 0.29) is 11.2 Å². The third-order valence-electron chi connectivity index (χ3n) is 1.88. The third-order valence-corrected chi connectivity index (χ3v) is 2.45. The van der Waals surface area contributed by atoms with E-state index in [4.69, 9.17) is 0 Å². The Balaban J connectivity index is 3.29. The molecule has 0 unspecified atom stereocenters. The van der Waals surface area contributed by atoms with E-state index in [9.17, 15) is 9.50 Å². The number of phenols is 1. The number of halogens is 2. The number of hydrogen-bond donors (Lipinski definition) is 1. The molecule has 1 rings (SSSR count). The molecule has 1 nitrogen and oxygen atoms in total. The summed E-state index contributed by atoms with van der Waals surface area (Å²) >= 11 is 3.05. The van der Waals surface area contributed by atoms with E-state index in [2.05, 4.69) is 15.9 Å². The summed E-state index contributed by atoms with van der Waals surface area (Å²) < 4.78 is 13.3. The molecule has 0 fully saturated rings. The van der Waals surface area contributed by atoms with E-state index >= 15 is 0 Å². The number of phenolic OH excluding ortho intramolecular Hbond substituents is 1. The number of benzene rings is 1. The molecule has 0 heterocycles. The van der Waals surface area contributed by atoms with Gasteiger partial charge in [-0.3, -0.25) is 0 Å². The first-order valence-electron chi connectivity index (χ1n) is 4.01. The second kappa shape index (κ2) is 3.29. The van der Waals surface area contributed by atoms with Gasteiger partial charge in [0.15, 0.2) is 11.6 Å². The number of hydrogen-bond acceptors (Lipinski definition) is 1. The van der Waals surface area contributed by atoms with Gasteiger partial charge in [0.25, 0.3) is 0 Å². The monoisotopic (exact) mass is 246 g/mol. The molecule has 1 N–H and O–H groups in total. The van der Waals surface area contributed by atoms with Gasteiger partial charge < -0.3 is 5.11 Å². The molecule has 0 radical (unpaired) electrons. The molecule has 0 atom stereocenters. The molecule has 0 amide bonds. The lowest BCUT2D eigenvalue weighted by molar-refractivity contribution is 0.426. The molecule has 1 aromatic carbocycles. The minimum absolute atomic E-state index is 0.0896. The van der Waals surface area contributed by atoms with Gasteiger partial charge in [-0.1, -0.05) is 20.8 Å². The molecular formula is C10H12BrFO. The molecule has 3 heteroatoms. The quantitative estimate of drug-likeness (QED) is 0.742. The lowest BCUT2D eigenvalue weighted by Gasteiger charge is -2.19. The van der Waals surface area contributed by atoms with Crippen molar-refractivity contribution in [3.8, 4) is 5.75 Å². The zero-order valence-electron chi connectivity index (χ0n) is 7.86. The highest BCUT2D eigenvalue weighted by Crippen LogP contribution is 2.32. The zero-order valence-corrected chi connectivity index (χ0v) is 9.44. The van der Waals surface area contributed by atoms with Crippen LogP contribution in [-0.2, 0) is 5.41 Å². The van der Waals surface area contributed by atoms with Crippen molar-refractivity contribution in [1.82, 2.24) is 0 Å². The molecule has 72 valence electrons. The normalized spacial score (nSPS) is 11.8. The van der Waals surface area contributed by atoms with Crippen LogP contribution in [0.15, 0.2) is 16.6 Å². The Hall–Kier alpha value is -0.570. The van der Waals surface area contributed by atoms with Crippen molar-refractivity contribution >= 4 is 15.9 Å². The molecule has 0 aliphatic rings. The molecule has 0 bridgehead atoms. The Morgan fingerprint density at radius 1 is 1.31 bits per heavy atom. The summed E-state index contributed by atoms with van der Waals surface area (Å²) in [6, 6.07) is 3.15. The maximum Gasteiger partial charge on any atom is 0.178 e. The summed E-state index contributed by atoms with van der Waals surface area (Å²) in [5.74, 6) is -0.910. The predicted molar refractivity (Wildman–Crippen MR) is 54.5 cm³/mol.